The molecule has 0 spiro atoms. The Kier molecular flexibility index (Phi) is 6.01. The van der Waals surface area contributed by atoms with E-state index in [0.29, 0.717) is 0 Å². The van der Waals surface area contributed by atoms with Crippen LogP contribution in [0.5, 0.6) is 0 Å². The summed E-state index contributed by atoms with van der Waals surface area (Å²) in [5.74, 6) is 1.72. The van der Waals surface area contributed by atoms with E-state index in [2.05, 4.69) is 19.9 Å². The predicted octanol–water partition coefficient (Wildman–Crippen LogP) is 5.32. The normalized spacial score (nSPS) is 19.1. The molecule has 32 heavy (non-hydrogen) atoms. The van der Waals surface area contributed by atoms with Crippen LogP contribution in [0, 0.1) is 0 Å². The Morgan fingerprint density at radius 3 is 1.53 bits per heavy atom. The Morgan fingerprint density at radius 1 is 0.656 bits per heavy atom. The topological polar surface area (TPSA) is 82.1 Å². The first-order chi connectivity index (χ1) is 15.8. The largest absolute Gasteiger partial charge is 0.337 e. The number of aromatic nitrogens is 4. The van der Waals surface area contributed by atoms with Gasteiger partial charge in [-0.2, -0.15) is 0 Å². The number of aliphatic imine (C=N–C) groups is 2. The van der Waals surface area contributed by atoms with Crippen molar-refractivity contribution in [2.75, 3.05) is 0 Å². The van der Waals surface area contributed by atoms with Crippen LogP contribution < -0.4 is 0 Å². The van der Waals surface area contributed by atoms with E-state index in [1.807, 2.05) is 85.5 Å². The zero-order chi connectivity index (χ0) is 21.6. The molecule has 0 radical (unpaired) electrons. The fourth-order valence-corrected chi connectivity index (χ4v) is 4.08. The minimum atomic E-state index is 0.181. The summed E-state index contributed by atoms with van der Waals surface area (Å²) in [7, 11) is 0. The van der Waals surface area contributed by atoms with E-state index in [4.69, 9.17) is 9.98 Å². The highest BCUT2D eigenvalue weighted by Crippen LogP contribution is 2.24. The van der Waals surface area contributed by atoms with Crippen LogP contribution in [-0.4, -0.2) is 44.4 Å². The van der Waals surface area contributed by atoms with Gasteiger partial charge in [0.05, 0.1) is 35.9 Å². The van der Waals surface area contributed by atoms with Crippen LogP contribution in [0.3, 0.4) is 0 Å². The fraction of sp³-hybridized carbons (Fsp3) is 0.231. The van der Waals surface area contributed by atoms with Gasteiger partial charge in [-0.3, -0.25) is 9.98 Å². The van der Waals surface area contributed by atoms with E-state index >= 15 is 0 Å². The summed E-state index contributed by atoms with van der Waals surface area (Å²) < 4.78 is 0. The molecule has 2 aromatic carbocycles. The van der Waals surface area contributed by atoms with Crippen LogP contribution in [0.4, 0.5) is 0 Å². The number of imidazole rings is 2. The lowest BCUT2D eigenvalue weighted by Gasteiger charge is -2.25. The third-order valence-electron chi connectivity index (χ3n) is 5.79. The van der Waals surface area contributed by atoms with Crippen molar-refractivity contribution in [2.24, 2.45) is 9.98 Å². The van der Waals surface area contributed by atoms with Gasteiger partial charge in [0, 0.05) is 23.6 Å². The second-order valence-corrected chi connectivity index (χ2v) is 8.08. The molecule has 2 heterocycles. The van der Waals surface area contributed by atoms with Crippen molar-refractivity contribution in [3.05, 3.63) is 84.4 Å². The van der Waals surface area contributed by atoms with Crippen molar-refractivity contribution < 1.29 is 0 Å². The molecule has 5 rings (SSSR count). The average molecular weight is 423 g/mol. The molecule has 0 saturated heterocycles. The van der Waals surface area contributed by atoms with Crippen molar-refractivity contribution in [3.8, 4) is 22.8 Å². The zero-order valence-electron chi connectivity index (χ0n) is 17.9. The van der Waals surface area contributed by atoms with Crippen molar-refractivity contribution in [1.29, 1.82) is 0 Å². The van der Waals surface area contributed by atoms with Crippen LogP contribution in [0.25, 0.3) is 22.8 Å². The van der Waals surface area contributed by atoms with Gasteiger partial charge in [0.1, 0.15) is 11.6 Å². The third-order valence-corrected chi connectivity index (χ3v) is 5.79. The second-order valence-electron chi connectivity index (χ2n) is 8.08. The molecule has 0 amide bonds. The number of rotatable bonds is 6. The smallest absolute Gasteiger partial charge is 0.137 e. The summed E-state index contributed by atoms with van der Waals surface area (Å²) in [4.78, 5) is 25.4. The number of benzene rings is 2. The van der Waals surface area contributed by atoms with E-state index in [1.54, 1.807) is 0 Å². The van der Waals surface area contributed by atoms with E-state index in [1.165, 1.54) is 12.8 Å². The van der Waals surface area contributed by atoms with E-state index in [0.717, 1.165) is 47.0 Å². The predicted molar refractivity (Wildman–Crippen MR) is 129 cm³/mol. The standard InChI is InChI=1S/C26H26N6/c1-3-9-19(10-4-1)25-29-17-21(31-25)15-27-23-13-7-8-14-24(23)28-16-22-18-30-26(32-22)20-11-5-2-6-12-20/h1-6,9-12,15-18,23-24H,7-8,13-14H2,(H,29,31)(H,30,32). The van der Waals surface area contributed by atoms with E-state index < -0.39 is 0 Å². The molecule has 6 heteroatoms. The average Bonchev–Trinajstić information content (AvgIpc) is 3.53. The molecule has 4 aromatic rings. The molecule has 2 atom stereocenters. The maximum Gasteiger partial charge on any atom is 0.137 e. The van der Waals surface area contributed by atoms with Crippen LogP contribution in [-0.2, 0) is 0 Å². The maximum atomic E-state index is 4.87. The summed E-state index contributed by atoms with van der Waals surface area (Å²) in [5, 5.41) is 0. The molecule has 1 aliphatic rings. The lowest BCUT2D eigenvalue weighted by Crippen LogP contribution is -2.27. The Bertz CT molecular complexity index is 1090. The number of nitrogens with one attached hydrogen (secondary N) is 2. The monoisotopic (exact) mass is 422 g/mol. The van der Waals surface area contributed by atoms with Crippen molar-refractivity contribution in [3.63, 3.8) is 0 Å². The molecule has 2 N–H and O–H groups in total. The first-order valence-electron chi connectivity index (χ1n) is 11.1. The molecule has 0 aliphatic heterocycles. The van der Waals surface area contributed by atoms with E-state index in [9.17, 15) is 0 Å². The zero-order valence-corrected chi connectivity index (χ0v) is 17.9. The molecule has 1 saturated carbocycles. The van der Waals surface area contributed by atoms with Gasteiger partial charge < -0.3 is 9.97 Å². The Labute approximate surface area is 187 Å². The second kappa shape index (κ2) is 9.56. The summed E-state index contributed by atoms with van der Waals surface area (Å²) in [6, 6.07) is 20.6. The molecule has 0 bridgehead atoms. The van der Waals surface area contributed by atoms with Gasteiger partial charge in [0.15, 0.2) is 0 Å². The molecule has 2 unspecified atom stereocenters. The van der Waals surface area contributed by atoms with E-state index in [-0.39, 0.29) is 12.1 Å². The van der Waals surface area contributed by atoms with Gasteiger partial charge in [-0.05, 0) is 12.8 Å². The lowest BCUT2D eigenvalue weighted by atomic mass is 9.91. The molecule has 160 valence electrons. The number of nitrogens with zero attached hydrogens (tertiary/aromatic N) is 4. The van der Waals surface area contributed by atoms with Crippen molar-refractivity contribution in [2.45, 2.75) is 37.8 Å². The highest BCUT2D eigenvalue weighted by Gasteiger charge is 2.23. The number of aromatic amines is 2. The van der Waals surface area contributed by atoms with Gasteiger partial charge in [0.2, 0.25) is 0 Å². The first-order valence-corrected chi connectivity index (χ1v) is 11.1. The lowest BCUT2D eigenvalue weighted by molar-refractivity contribution is 0.390. The summed E-state index contributed by atoms with van der Waals surface area (Å²) in [6.45, 7) is 0. The molecule has 1 aliphatic carbocycles. The quantitative estimate of drug-likeness (QED) is 0.413. The van der Waals surface area contributed by atoms with Gasteiger partial charge >= 0.3 is 0 Å². The molecular weight excluding hydrogens is 396 g/mol. The Morgan fingerprint density at radius 2 is 1.09 bits per heavy atom. The van der Waals surface area contributed by atoms with Crippen LogP contribution in [0.15, 0.2) is 83.0 Å². The maximum absolute atomic E-state index is 4.87. The van der Waals surface area contributed by atoms with Crippen LogP contribution >= 0.6 is 0 Å². The fourth-order valence-electron chi connectivity index (χ4n) is 4.08. The van der Waals surface area contributed by atoms with Crippen molar-refractivity contribution in [1.82, 2.24) is 19.9 Å². The molecule has 1 fully saturated rings. The van der Waals surface area contributed by atoms with Gasteiger partial charge in [-0.15, -0.1) is 0 Å². The summed E-state index contributed by atoms with van der Waals surface area (Å²) in [5.41, 5.74) is 3.97. The highest BCUT2D eigenvalue weighted by molar-refractivity contribution is 5.79. The van der Waals surface area contributed by atoms with Gasteiger partial charge in [0.25, 0.3) is 0 Å². The SMILES string of the molecule is C(=NC1CCCCC1N=Cc1cnc(-c2ccccc2)[nH]1)c1cnc(-c2ccccc2)[nH]1. The summed E-state index contributed by atoms with van der Waals surface area (Å²) in [6.07, 6.45) is 12.0. The van der Waals surface area contributed by atoms with Gasteiger partial charge in [-0.1, -0.05) is 73.5 Å². The van der Waals surface area contributed by atoms with Crippen LogP contribution in [0.2, 0.25) is 0 Å². The first kappa shape index (κ1) is 20.1. The highest BCUT2D eigenvalue weighted by atomic mass is 15.0. The van der Waals surface area contributed by atoms with Crippen LogP contribution in [0.1, 0.15) is 37.1 Å². The van der Waals surface area contributed by atoms with Gasteiger partial charge in [-0.25, -0.2) is 9.97 Å². The minimum Gasteiger partial charge on any atom is -0.337 e. The number of hydrogen-bond acceptors (Lipinski definition) is 4. The third kappa shape index (κ3) is 4.75. The molecule has 6 nitrogen and oxygen atoms in total. The number of hydrogen-bond donors (Lipinski definition) is 2. The molecule has 2 aromatic heterocycles. The van der Waals surface area contributed by atoms with Crippen molar-refractivity contribution >= 4 is 12.4 Å². The number of H-pyrrole nitrogens is 2. The Balaban J connectivity index is 1.26. The summed E-state index contributed by atoms with van der Waals surface area (Å²) >= 11 is 0. The Hall–Kier alpha value is -3.80. The minimum absolute atomic E-state index is 0.181. The molecular formula is C26H26N6.